The molecule has 7 nitrogen and oxygen atoms in total. The maximum absolute atomic E-state index is 12.8. The second kappa shape index (κ2) is 7.23. The normalized spacial score (nSPS) is 23.6. The first-order valence-corrected chi connectivity index (χ1v) is 9.75. The van der Waals surface area contributed by atoms with Gasteiger partial charge in [-0.25, -0.2) is 9.78 Å². The number of hydrogen-bond acceptors (Lipinski definition) is 5. The van der Waals surface area contributed by atoms with Gasteiger partial charge in [0, 0.05) is 25.2 Å². The highest BCUT2D eigenvalue weighted by molar-refractivity contribution is 9.10. The van der Waals surface area contributed by atoms with E-state index in [1.54, 1.807) is 0 Å². The molecule has 0 unspecified atom stereocenters. The van der Waals surface area contributed by atoms with Crippen molar-refractivity contribution in [3.05, 3.63) is 21.4 Å². The van der Waals surface area contributed by atoms with Crippen molar-refractivity contribution in [1.29, 1.82) is 0 Å². The van der Waals surface area contributed by atoms with E-state index in [-0.39, 0.29) is 17.1 Å². The van der Waals surface area contributed by atoms with Crippen molar-refractivity contribution in [2.45, 2.75) is 44.8 Å². The van der Waals surface area contributed by atoms with Gasteiger partial charge in [-0.15, -0.1) is 0 Å². The van der Waals surface area contributed by atoms with E-state index in [9.17, 15) is 9.59 Å². The summed E-state index contributed by atoms with van der Waals surface area (Å²) in [6.07, 6.45) is 3.57. The van der Waals surface area contributed by atoms with Crippen molar-refractivity contribution in [3.8, 4) is 0 Å². The highest BCUT2D eigenvalue weighted by Crippen LogP contribution is 2.39. The van der Waals surface area contributed by atoms with Gasteiger partial charge in [-0.2, -0.15) is 0 Å². The lowest BCUT2D eigenvalue weighted by Crippen LogP contribution is -2.38. The van der Waals surface area contributed by atoms with Gasteiger partial charge in [0.05, 0.1) is 22.3 Å². The van der Waals surface area contributed by atoms with Gasteiger partial charge >= 0.3 is 6.09 Å². The maximum atomic E-state index is 12.8. The Morgan fingerprint density at radius 2 is 2.23 bits per heavy atom. The van der Waals surface area contributed by atoms with Crippen molar-refractivity contribution in [2.75, 3.05) is 18.0 Å². The number of carbonyl (C=O) groups excluding carboxylic acids is 2. The van der Waals surface area contributed by atoms with Crippen LogP contribution in [-0.4, -0.2) is 41.7 Å². The maximum Gasteiger partial charge on any atom is 0.405 e. The number of halogens is 2. The number of primary amides is 1. The van der Waals surface area contributed by atoms with Crippen LogP contribution in [0.5, 0.6) is 0 Å². The Hall–Kier alpha value is -1.54. The van der Waals surface area contributed by atoms with Crippen LogP contribution in [0.25, 0.3) is 0 Å². The minimum Gasteiger partial charge on any atom is -0.441 e. The molecule has 1 saturated heterocycles. The first kappa shape index (κ1) is 19.2. The standard InChI is InChI=1S/C17H22BrClN4O3/c1-9(10-3-4-10)22-15(24)11-7-21-14(19)12(18)13(11)23-6-5-17(2,8-23)26-16(20)25/h7,9-10H,3-6,8H2,1-2H3,(H2,20,25)(H,22,24)/t9-,17-/m0/s1. The molecule has 2 aliphatic rings. The number of anilines is 1. The van der Waals surface area contributed by atoms with Gasteiger partial charge in [0.15, 0.2) is 0 Å². The van der Waals surface area contributed by atoms with Crippen molar-refractivity contribution in [1.82, 2.24) is 10.3 Å². The van der Waals surface area contributed by atoms with E-state index in [4.69, 9.17) is 22.1 Å². The molecule has 1 aromatic heterocycles. The predicted octanol–water partition coefficient (Wildman–Crippen LogP) is 3.09. The molecular formula is C17H22BrClN4O3. The van der Waals surface area contributed by atoms with E-state index < -0.39 is 11.7 Å². The fraction of sp³-hybridized carbons (Fsp3) is 0.588. The van der Waals surface area contributed by atoms with Crippen LogP contribution >= 0.6 is 27.5 Å². The Morgan fingerprint density at radius 1 is 1.54 bits per heavy atom. The first-order valence-electron chi connectivity index (χ1n) is 8.58. The summed E-state index contributed by atoms with van der Waals surface area (Å²) in [5.41, 5.74) is 5.56. The van der Waals surface area contributed by atoms with E-state index in [0.717, 1.165) is 12.8 Å². The van der Waals surface area contributed by atoms with Crippen molar-refractivity contribution >= 4 is 45.2 Å². The molecule has 1 aliphatic heterocycles. The van der Waals surface area contributed by atoms with Gasteiger partial charge in [0.1, 0.15) is 10.8 Å². The lowest BCUT2D eigenvalue weighted by Gasteiger charge is -2.27. The summed E-state index contributed by atoms with van der Waals surface area (Å²) in [5.74, 6) is 0.360. The van der Waals surface area contributed by atoms with Gasteiger partial charge in [-0.1, -0.05) is 11.6 Å². The predicted molar refractivity (Wildman–Crippen MR) is 103 cm³/mol. The molecule has 3 N–H and O–H groups in total. The minimum atomic E-state index is -0.808. The van der Waals surface area contributed by atoms with Gasteiger partial charge in [-0.3, -0.25) is 4.79 Å². The third-order valence-corrected chi connectivity index (χ3v) is 6.25. The molecule has 0 bridgehead atoms. The van der Waals surface area contributed by atoms with Crippen LogP contribution in [0.1, 0.15) is 43.5 Å². The largest absolute Gasteiger partial charge is 0.441 e. The summed E-state index contributed by atoms with van der Waals surface area (Å²) in [6, 6.07) is 0.117. The molecule has 26 heavy (non-hydrogen) atoms. The van der Waals surface area contributed by atoms with Gasteiger partial charge in [0.25, 0.3) is 5.91 Å². The lowest BCUT2D eigenvalue weighted by atomic mass is 10.1. The van der Waals surface area contributed by atoms with Crippen LogP contribution in [0, 0.1) is 5.92 Å². The molecule has 2 fully saturated rings. The average Bonchev–Trinajstić information content (AvgIpc) is 3.33. The van der Waals surface area contributed by atoms with Crippen molar-refractivity contribution in [2.24, 2.45) is 11.7 Å². The Bertz CT molecular complexity index is 743. The lowest BCUT2D eigenvalue weighted by molar-refractivity contribution is 0.0480. The molecule has 2 heterocycles. The highest BCUT2D eigenvalue weighted by atomic mass is 79.9. The van der Waals surface area contributed by atoms with Crippen LogP contribution in [0.3, 0.4) is 0 Å². The molecule has 3 rings (SSSR count). The van der Waals surface area contributed by atoms with E-state index in [0.29, 0.717) is 41.2 Å². The van der Waals surface area contributed by atoms with E-state index in [1.807, 2.05) is 18.7 Å². The van der Waals surface area contributed by atoms with Gasteiger partial charge < -0.3 is 20.7 Å². The Balaban J connectivity index is 1.87. The number of ether oxygens (including phenoxy) is 1. The molecule has 2 atom stereocenters. The number of nitrogens with two attached hydrogens (primary N) is 1. The summed E-state index contributed by atoms with van der Waals surface area (Å²) in [6.45, 7) is 4.85. The van der Waals surface area contributed by atoms with Crippen LogP contribution in [0.4, 0.5) is 10.5 Å². The molecule has 9 heteroatoms. The van der Waals surface area contributed by atoms with E-state index >= 15 is 0 Å². The smallest absolute Gasteiger partial charge is 0.405 e. The van der Waals surface area contributed by atoms with Crippen LogP contribution in [0.2, 0.25) is 5.15 Å². The highest BCUT2D eigenvalue weighted by Gasteiger charge is 2.39. The number of nitrogens with zero attached hydrogens (tertiary/aromatic N) is 2. The van der Waals surface area contributed by atoms with Crippen LogP contribution < -0.4 is 16.0 Å². The molecule has 0 radical (unpaired) electrons. The molecule has 1 aliphatic carbocycles. The Labute approximate surface area is 165 Å². The number of pyridine rings is 1. The summed E-state index contributed by atoms with van der Waals surface area (Å²) in [4.78, 5) is 30.1. The van der Waals surface area contributed by atoms with E-state index in [2.05, 4.69) is 26.2 Å². The summed E-state index contributed by atoms with van der Waals surface area (Å²) in [7, 11) is 0. The van der Waals surface area contributed by atoms with Gasteiger partial charge in [-0.05, 0) is 48.5 Å². The number of hydrogen-bond donors (Lipinski definition) is 2. The monoisotopic (exact) mass is 444 g/mol. The number of carbonyl (C=O) groups is 2. The van der Waals surface area contributed by atoms with Crippen LogP contribution in [0.15, 0.2) is 10.7 Å². The number of aromatic nitrogens is 1. The quantitative estimate of drug-likeness (QED) is 0.679. The number of nitrogens with one attached hydrogen (secondary N) is 1. The Kier molecular flexibility index (Phi) is 5.35. The fourth-order valence-corrected chi connectivity index (χ4v) is 4.08. The summed E-state index contributed by atoms with van der Waals surface area (Å²) in [5, 5.41) is 3.32. The molecule has 1 aromatic rings. The molecule has 1 saturated carbocycles. The second-order valence-corrected chi connectivity index (χ2v) is 8.42. The fourth-order valence-electron chi connectivity index (χ4n) is 3.38. The Morgan fingerprint density at radius 3 is 2.85 bits per heavy atom. The average molecular weight is 446 g/mol. The molecular weight excluding hydrogens is 424 g/mol. The third-order valence-electron chi connectivity index (χ3n) is 4.98. The molecule has 0 spiro atoms. The minimum absolute atomic E-state index is 0.117. The third kappa shape index (κ3) is 4.06. The zero-order chi connectivity index (χ0) is 19.1. The molecule has 2 amide bonds. The zero-order valence-corrected chi connectivity index (χ0v) is 17.1. The number of rotatable bonds is 5. The van der Waals surface area contributed by atoms with Crippen molar-refractivity contribution in [3.63, 3.8) is 0 Å². The zero-order valence-electron chi connectivity index (χ0n) is 14.7. The SMILES string of the molecule is C[C@H](NC(=O)c1cnc(Cl)c(Br)c1N1CC[C@](C)(OC(N)=O)C1)C1CC1. The van der Waals surface area contributed by atoms with Gasteiger partial charge in [0.2, 0.25) is 0 Å². The summed E-state index contributed by atoms with van der Waals surface area (Å²) < 4.78 is 5.81. The topological polar surface area (TPSA) is 97.6 Å². The second-order valence-electron chi connectivity index (χ2n) is 7.27. The van der Waals surface area contributed by atoms with Crippen LogP contribution in [-0.2, 0) is 4.74 Å². The summed E-state index contributed by atoms with van der Waals surface area (Å²) >= 11 is 9.63. The molecule has 0 aromatic carbocycles. The number of amides is 2. The first-order chi connectivity index (χ1) is 12.2. The van der Waals surface area contributed by atoms with E-state index in [1.165, 1.54) is 6.20 Å². The van der Waals surface area contributed by atoms with Crippen molar-refractivity contribution < 1.29 is 14.3 Å². The molecule has 142 valence electrons.